The van der Waals surface area contributed by atoms with Gasteiger partial charge in [-0.25, -0.2) is 4.79 Å². The van der Waals surface area contributed by atoms with Gasteiger partial charge in [-0.2, -0.15) is 0 Å². The molecule has 5 heteroatoms. The third kappa shape index (κ3) is 2.40. The molecular weight excluding hydrogens is 280 g/mol. The van der Waals surface area contributed by atoms with Crippen molar-refractivity contribution in [1.29, 1.82) is 0 Å². The summed E-state index contributed by atoms with van der Waals surface area (Å²) < 4.78 is 4.51. The Labute approximate surface area is 129 Å². The Morgan fingerprint density at radius 1 is 1.45 bits per heavy atom. The van der Waals surface area contributed by atoms with E-state index >= 15 is 0 Å². The number of methoxy groups -OCH3 is 1. The van der Waals surface area contributed by atoms with Crippen LogP contribution in [0.4, 0.5) is 0 Å². The first-order valence-corrected chi connectivity index (χ1v) is 7.60. The second-order valence-electron chi connectivity index (χ2n) is 6.04. The lowest BCUT2D eigenvalue weighted by atomic mass is 9.57. The predicted molar refractivity (Wildman–Crippen MR) is 80.9 cm³/mol. The van der Waals surface area contributed by atoms with Crippen molar-refractivity contribution >= 4 is 11.9 Å². The van der Waals surface area contributed by atoms with Crippen LogP contribution in [0.1, 0.15) is 24.8 Å². The van der Waals surface area contributed by atoms with Crippen LogP contribution >= 0.6 is 0 Å². The number of nitrogens with zero attached hydrogens (tertiary/aromatic N) is 1. The minimum Gasteiger partial charge on any atom is -0.466 e. The number of carbonyl (C=O) groups is 2. The van der Waals surface area contributed by atoms with E-state index in [2.05, 4.69) is 15.0 Å². The second-order valence-corrected chi connectivity index (χ2v) is 6.04. The summed E-state index contributed by atoms with van der Waals surface area (Å²) in [5, 5.41) is 2.91. The highest BCUT2D eigenvalue weighted by atomic mass is 16.5. The Balaban J connectivity index is 1.64. The van der Waals surface area contributed by atoms with E-state index in [0.29, 0.717) is 12.5 Å². The summed E-state index contributed by atoms with van der Waals surface area (Å²) >= 11 is 0. The molecule has 22 heavy (non-hydrogen) atoms. The molecule has 3 fully saturated rings. The first-order chi connectivity index (χ1) is 10.7. The quantitative estimate of drug-likeness (QED) is 0.662. The van der Waals surface area contributed by atoms with E-state index in [1.165, 1.54) is 18.7 Å². The van der Waals surface area contributed by atoms with E-state index in [1.54, 1.807) is 18.5 Å². The molecule has 1 heterocycles. The highest BCUT2D eigenvalue weighted by Crippen LogP contribution is 2.63. The minimum absolute atomic E-state index is 0.0102. The van der Waals surface area contributed by atoms with Crippen LogP contribution in [-0.2, 0) is 19.7 Å². The molecule has 1 aromatic rings. The largest absolute Gasteiger partial charge is 0.466 e. The Morgan fingerprint density at radius 2 is 2.23 bits per heavy atom. The third-order valence-corrected chi connectivity index (χ3v) is 5.04. The fourth-order valence-electron chi connectivity index (χ4n) is 4.06. The second kappa shape index (κ2) is 5.91. The summed E-state index contributed by atoms with van der Waals surface area (Å²) in [6.45, 7) is 0.351. The molecule has 3 aliphatic rings. The van der Waals surface area contributed by atoms with Crippen molar-refractivity contribution < 1.29 is 14.3 Å². The van der Waals surface area contributed by atoms with Crippen LogP contribution in [0, 0.1) is 11.8 Å². The number of rotatable bonds is 5. The van der Waals surface area contributed by atoms with Gasteiger partial charge < -0.3 is 10.1 Å². The molecule has 3 saturated carbocycles. The zero-order valence-corrected chi connectivity index (χ0v) is 12.6. The lowest BCUT2D eigenvalue weighted by molar-refractivity contribution is -0.135. The van der Waals surface area contributed by atoms with Crippen molar-refractivity contribution in [3.05, 3.63) is 42.2 Å². The molecule has 2 bridgehead atoms. The average Bonchev–Trinajstić information content (AvgIpc) is 3.12. The monoisotopic (exact) mass is 300 g/mol. The third-order valence-electron chi connectivity index (χ3n) is 5.04. The van der Waals surface area contributed by atoms with E-state index in [4.69, 9.17) is 0 Å². The fraction of sp³-hybridized carbons (Fsp3) is 0.471. The first kappa shape index (κ1) is 14.8. The normalized spacial score (nSPS) is 29.1. The zero-order valence-electron chi connectivity index (χ0n) is 12.6. The van der Waals surface area contributed by atoms with Crippen LogP contribution in [0.3, 0.4) is 0 Å². The number of ether oxygens (including phenoxy) is 1. The van der Waals surface area contributed by atoms with E-state index in [-0.39, 0.29) is 17.2 Å². The van der Waals surface area contributed by atoms with Crippen molar-refractivity contribution in [3.8, 4) is 0 Å². The highest BCUT2D eigenvalue weighted by molar-refractivity contribution is 5.84. The number of fused-ring (bicyclic) bond motifs is 1. The van der Waals surface area contributed by atoms with E-state index < -0.39 is 5.97 Å². The van der Waals surface area contributed by atoms with Gasteiger partial charge in [0.2, 0.25) is 5.91 Å². The molecule has 1 N–H and O–H groups in total. The number of nitrogens with one attached hydrogen (secondary N) is 1. The molecule has 3 atom stereocenters. The predicted octanol–water partition coefficient (Wildman–Crippen LogP) is 1.59. The maximum atomic E-state index is 12.5. The molecule has 1 amide bonds. The zero-order chi connectivity index (χ0) is 15.6. The van der Waals surface area contributed by atoms with Gasteiger partial charge in [0.05, 0.1) is 13.0 Å². The number of hydrogen-bond acceptors (Lipinski definition) is 4. The number of amides is 1. The van der Waals surface area contributed by atoms with Gasteiger partial charge in [0, 0.05) is 30.4 Å². The molecular formula is C17H20N2O3. The number of esters is 1. The number of aromatic nitrogens is 1. The molecule has 0 saturated heterocycles. The topological polar surface area (TPSA) is 68.3 Å². The maximum Gasteiger partial charge on any atom is 0.330 e. The molecule has 0 spiro atoms. The van der Waals surface area contributed by atoms with Gasteiger partial charge in [-0.3, -0.25) is 9.78 Å². The van der Waals surface area contributed by atoms with Crippen molar-refractivity contribution in [3.63, 3.8) is 0 Å². The van der Waals surface area contributed by atoms with Crippen LogP contribution in [0.25, 0.3) is 0 Å². The maximum absolute atomic E-state index is 12.5. The van der Waals surface area contributed by atoms with Crippen LogP contribution in [0.15, 0.2) is 36.7 Å². The van der Waals surface area contributed by atoms with Gasteiger partial charge in [-0.1, -0.05) is 6.08 Å². The summed E-state index contributed by atoms with van der Waals surface area (Å²) in [4.78, 5) is 27.5. The number of pyridine rings is 1. The molecule has 0 aliphatic heterocycles. The van der Waals surface area contributed by atoms with Gasteiger partial charge in [-0.05, 0) is 42.9 Å². The fourth-order valence-corrected chi connectivity index (χ4v) is 4.06. The molecule has 0 radical (unpaired) electrons. The highest BCUT2D eigenvalue weighted by Gasteiger charge is 2.62. The molecule has 116 valence electrons. The van der Waals surface area contributed by atoms with Crippen molar-refractivity contribution in [1.82, 2.24) is 10.3 Å². The van der Waals surface area contributed by atoms with Gasteiger partial charge in [-0.15, -0.1) is 0 Å². The Kier molecular flexibility index (Phi) is 3.96. The Bertz CT molecular complexity index is 595. The van der Waals surface area contributed by atoms with Gasteiger partial charge in [0.15, 0.2) is 0 Å². The molecule has 0 aromatic carbocycles. The Morgan fingerprint density at radius 3 is 2.91 bits per heavy atom. The number of hydrogen-bond donors (Lipinski definition) is 1. The molecule has 3 unspecified atom stereocenters. The van der Waals surface area contributed by atoms with E-state index in [0.717, 1.165) is 19.3 Å². The summed E-state index contributed by atoms with van der Waals surface area (Å²) in [6, 6.07) is 4.05. The molecule has 5 nitrogen and oxygen atoms in total. The van der Waals surface area contributed by atoms with E-state index in [9.17, 15) is 9.59 Å². The standard InChI is InChI=1S/C17H20N2O3/c1-22-14(20)3-2-8-19-16(21)15-12-4-7-17(15,11-12)13-5-9-18-10-6-13/h2-3,5-6,9-10,12,15H,4,7-8,11H2,1H3,(H,19,21)/b3-2+. The smallest absolute Gasteiger partial charge is 0.330 e. The lowest BCUT2D eigenvalue weighted by Gasteiger charge is -2.46. The van der Waals surface area contributed by atoms with Gasteiger partial charge in [0.25, 0.3) is 0 Å². The summed E-state index contributed by atoms with van der Waals surface area (Å²) in [5.74, 6) is 0.200. The minimum atomic E-state index is -0.411. The van der Waals surface area contributed by atoms with Crippen LogP contribution in [0.5, 0.6) is 0 Å². The van der Waals surface area contributed by atoms with Gasteiger partial charge >= 0.3 is 5.97 Å². The molecule has 1 aromatic heterocycles. The summed E-state index contributed by atoms with van der Waals surface area (Å²) in [5.41, 5.74) is 1.21. The van der Waals surface area contributed by atoms with Crippen molar-refractivity contribution in [2.75, 3.05) is 13.7 Å². The van der Waals surface area contributed by atoms with Crippen molar-refractivity contribution in [2.45, 2.75) is 24.7 Å². The summed E-state index contributed by atoms with van der Waals surface area (Å²) in [6.07, 6.45) is 9.80. The van der Waals surface area contributed by atoms with Crippen LogP contribution in [0.2, 0.25) is 0 Å². The summed E-state index contributed by atoms with van der Waals surface area (Å²) in [7, 11) is 1.33. The molecule has 3 aliphatic carbocycles. The SMILES string of the molecule is COC(=O)/C=C/CNC(=O)C1C2CCC1(c1ccncc1)C2. The molecule has 4 rings (SSSR count). The number of carbonyl (C=O) groups excluding carboxylic acids is 2. The lowest BCUT2D eigenvalue weighted by Crippen LogP contribution is -2.52. The Hall–Kier alpha value is -2.17. The van der Waals surface area contributed by atoms with E-state index in [1.807, 2.05) is 12.1 Å². The van der Waals surface area contributed by atoms with Gasteiger partial charge in [0.1, 0.15) is 0 Å². The van der Waals surface area contributed by atoms with Crippen molar-refractivity contribution in [2.24, 2.45) is 11.8 Å². The van der Waals surface area contributed by atoms with Crippen LogP contribution in [-0.4, -0.2) is 30.5 Å². The van der Waals surface area contributed by atoms with Crippen LogP contribution < -0.4 is 5.32 Å². The first-order valence-electron chi connectivity index (χ1n) is 7.60. The average molecular weight is 300 g/mol.